The molecule has 3 N–H and O–H groups in total. The standard InChI is InChI=1S/C25H25F3N4O2.H2/c1-15-9-11-18(12-10-15)23(29)22-19(25(26,27)28)13-21(32-24(22)30-3)34-14-20(33)31-16(2)17-7-5-4-6-8-17;/h4-13,16,29H,14H2,1-3H3,(H,30,32)(H,31,33);1H/t16-;/m0./s1. The van der Waals surface area contributed by atoms with Crippen LogP contribution in [0.15, 0.2) is 60.7 Å². The van der Waals surface area contributed by atoms with E-state index in [4.69, 9.17) is 10.1 Å². The minimum atomic E-state index is -4.77. The maximum Gasteiger partial charge on any atom is 0.417 e. The van der Waals surface area contributed by atoms with Gasteiger partial charge in [0.05, 0.1) is 22.9 Å². The van der Waals surface area contributed by atoms with E-state index in [1.54, 1.807) is 31.2 Å². The number of alkyl halides is 3. The van der Waals surface area contributed by atoms with Gasteiger partial charge in [0.25, 0.3) is 5.91 Å². The lowest BCUT2D eigenvalue weighted by Gasteiger charge is -2.19. The number of carbonyl (C=O) groups excluding carboxylic acids is 1. The van der Waals surface area contributed by atoms with Gasteiger partial charge < -0.3 is 15.4 Å². The van der Waals surface area contributed by atoms with Crippen LogP contribution in [-0.2, 0) is 11.0 Å². The summed E-state index contributed by atoms with van der Waals surface area (Å²) in [5.41, 5.74) is 0.314. The molecule has 0 aliphatic heterocycles. The first-order valence-electron chi connectivity index (χ1n) is 10.5. The first-order chi connectivity index (χ1) is 16.1. The third-order valence-corrected chi connectivity index (χ3v) is 5.16. The van der Waals surface area contributed by atoms with E-state index < -0.39 is 29.8 Å². The minimum absolute atomic E-state index is 0. The summed E-state index contributed by atoms with van der Waals surface area (Å²) in [6, 6.07) is 16.2. The van der Waals surface area contributed by atoms with Gasteiger partial charge in [-0.2, -0.15) is 18.2 Å². The summed E-state index contributed by atoms with van der Waals surface area (Å²) in [5.74, 6) is -1.05. The van der Waals surface area contributed by atoms with E-state index in [-0.39, 0.29) is 24.9 Å². The normalized spacial score (nSPS) is 12.1. The predicted molar refractivity (Wildman–Crippen MR) is 127 cm³/mol. The first-order valence-corrected chi connectivity index (χ1v) is 10.5. The fourth-order valence-corrected chi connectivity index (χ4v) is 3.37. The second-order valence-electron chi connectivity index (χ2n) is 7.71. The highest BCUT2D eigenvalue weighted by atomic mass is 19.4. The number of nitrogens with zero attached hydrogens (tertiary/aromatic N) is 1. The Bertz CT molecular complexity index is 1170. The van der Waals surface area contributed by atoms with Crippen LogP contribution >= 0.6 is 0 Å². The van der Waals surface area contributed by atoms with Crippen molar-refractivity contribution in [2.75, 3.05) is 19.0 Å². The second kappa shape index (κ2) is 10.4. The molecule has 0 saturated heterocycles. The Kier molecular flexibility index (Phi) is 7.55. The van der Waals surface area contributed by atoms with Crippen LogP contribution in [-0.4, -0.2) is 30.3 Å². The van der Waals surface area contributed by atoms with E-state index >= 15 is 0 Å². The van der Waals surface area contributed by atoms with Crippen molar-refractivity contribution in [2.24, 2.45) is 0 Å². The van der Waals surface area contributed by atoms with Gasteiger partial charge in [-0.15, -0.1) is 0 Å². The summed E-state index contributed by atoms with van der Waals surface area (Å²) in [7, 11) is 1.41. The van der Waals surface area contributed by atoms with Gasteiger partial charge in [-0.3, -0.25) is 10.2 Å². The molecule has 9 heteroatoms. The van der Waals surface area contributed by atoms with Crippen molar-refractivity contribution in [1.29, 1.82) is 5.41 Å². The summed E-state index contributed by atoms with van der Waals surface area (Å²) >= 11 is 0. The fraction of sp³-hybridized carbons (Fsp3) is 0.240. The molecule has 0 spiro atoms. The van der Waals surface area contributed by atoms with Crippen molar-refractivity contribution in [3.8, 4) is 5.88 Å². The highest BCUT2D eigenvalue weighted by molar-refractivity contribution is 6.14. The topological polar surface area (TPSA) is 87.1 Å². The van der Waals surface area contributed by atoms with Gasteiger partial charge in [-0.1, -0.05) is 60.2 Å². The predicted octanol–water partition coefficient (Wildman–Crippen LogP) is 5.37. The molecule has 0 radical (unpaired) electrons. The molecular weight excluding hydrogens is 445 g/mol. The highest BCUT2D eigenvalue weighted by Gasteiger charge is 2.37. The van der Waals surface area contributed by atoms with Crippen LogP contribution in [0.25, 0.3) is 0 Å². The van der Waals surface area contributed by atoms with E-state index in [0.29, 0.717) is 11.6 Å². The Labute approximate surface area is 197 Å². The zero-order valence-electron chi connectivity index (χ0n) is 19.0. The zero-order chi connectivity index (χ0) is 24.9. The maximum atomic E-state index is 14.0. The molecule has 3 rings (SSSR count). The van der Waals surface area contributed by atoms with E-state index in [2.05, 4.69) is 15.6 Å². The maximum absolute atomic E-state index is 14.0. The van der Waals surface area contributed by atoms with Crippen LogP contribution in [0.1, 0.15) is 42.2 Å². The molecule has 0 fully saturated rings. The van der Waals surface area contributed by atoms with Crippen molar-refractivity contribution in [3.05, 3.63) is 88.5 Å². The summed E-state index contributed by atoms with van der Waals surface area (Å²) in [4.78, 5) is 16.4. The Morgan fingerprint density at radius 1 is 1.15 bits per heavy atom. The number of anilines is 1. The number of pyridine rings is 1. The van der Waals surface area contributed by atoms with Crippen molar-refractivity contribution in [2.45, 2.75) is 26.1 Å². The largest absolute Gasteiger partial charge is 0.467 e. The number of benzene rings is 2. The van der Waals surface area contributed by atoms with Crippen molar-refractivity contribution in [1.82, 2.24) is 10.3 Å². The Hall–Kier alpha value is -3.88. The number of hydrogen-bond acceptors (Lipinski definition) is 5. The Morgan fingerprint density at radius 2 is 1.79 bits per heavy atom. The van der Waals surface area contributed by atoms with Gasteiger partial charge in [-0.25, -0.2) is 0 Å². The number of halogens is 3. The first kappa shape index (κ1) is 24.8. The van der Waals surface area contributed by atoms with Crippen LogP contribution < -0.4 is 15.4 Å². The molecule has 2 aromatic carbocycles. The van der Waals surface area contributed by atoms with Crippen molar-refractivity contribution >= 4 is 17.4 Å². The van der Waals surface area contributed by atoms with Crippen molar-refractivity contribution in [3.63, 3.8) is 0 Å². The summed E-state index contributed by atoms with van der Waals surface area (Å²) in [6.45, 7) is 3.12. The summed E-state index contributed by atoms with van der Waals surface area (Å²) in [5, 5.41) is 13.8. The third-order valence-electron chi connectivity index (χ3n) is 5.16. The molecule has 0 bridgehead atoms. The lowest BCUT2D eigenvalue weighted by Crippen LogP contribution is -2.31. The zero-order valence-corrected chi connectivity index (χ0v) is 19.0. The van der Waals surface area contributed by atoms with E-state index in [1.807, 2.05) is 37.3 Å². The summed E-state index contributed by atoms with van der Waals surface area (Å²) < 4.78 is 47.2. The van der Waals surface area contributed by atoms with Crippen LogP contribution in [0.5, 0.6) is 5.88 Å². The molecule has 0 aliphatic rings. The number of hydrogen-bond donors (Lipinski definition) is 3. The molecule has 1 aromatic heterocycles. The molecule has 0 aliphatic carbocycles. The van der Waals surface area contributed by atoms with E-state index in [1.165, 1.54) is 7.05 Å². The van der Waals surface area contributed by atoms with Crippen LogP contribution in [0, 0.1) is 12.3 Å². The Balaban J connectivity index is 0.00000432. The van der Waals surface area contributed by atoms with Gasteiger partial charge in [0, 0.05) is 20.1 Å². The third kappa shape index (κ3) is 5.92. The monoisotopic (exact) mass is 472 g/mol. The minimum Gasteiger partial charge on any atom is -0.467 e. The highest BCUT2D eigenvalue weighted by Crippen LogP contribution is 2.37. The fourth-order valence-electron chi connectivity index (χ4n) is 3.37. The van der Waals surface area contributed by atoms with Gasteiger partial charge in [-0.05, 0) is 19.4 Å². The van der Waals surface area contributed by atoms with Crippen molar-refractivity contribution < 1.29 is 24.1 Å². The molecule has 34 heavy (non-hydrogen) atoms. The van der Waals surface area contributed by atoms with Gasteiger partial charge in [0.1, 0.15) is 5.82 Å². The number of nitrogens with one attached hydrogen (secondary N) is 3. The molecule has 1 amide bonds. The summed E-state index contributed by atoms with van der Waals surface area (Å²) in [6.07, 6.45) is -4.77. The number of aryl methyl sites for hydroxylation is 1. The number of aromatic nitrogens is 1. The van der Waals surface area contributed by atoms with Crippen LogP contribution in [0.3, 0.4) is 0 Å². The SMILES string of the molecule is CNc1nc(OCC(=O)N[C@@H](C)c2ccccc2)cc(C(F)(F)F)c1C(=N)c1ccc(C)cc1.[HH]. The number of amides is 1. The molecule has 6 nitrogen and oxygen atoms in total. The average Bonchev–Trinajstić information content (AvgIpc) is 2.82. The van der Waals surface area contributed by atoms with Crippen LogP contribution in [0.4, 0.5) is 19.0 Å². The number of ether oxygens (including phenoxy) is 1. The average molecular weight is 473 g/mol. The molecular formula is C25H27F3N4O2. The smallest absolute Gasteiger partial charge is 0.417 e. The molecule has 3 aromatic rings. The lowest BCUT2D eigenvalue weighted by atomic mass is 9.97. The second-order valence-corrected chi connectivity index (χ2v) is 7.71. The molecule has 1 atom stereocenters. The number of carbonyl (C=O) groups is 1. The molecule has 0 unspecified atom stereocenters. The van der Waals surface area contributed by atoms with Crippen LogP contribution in [0.2, 0.25) is 0 Å². The quantitative estimate of drug-likeness (QED) is 0.385. The molecule has 180 valence electrons. The molecule has 1 heterocycles. The molecule has 0 saturated carbocycles. The van der Waals surface area contributed by atoms with Gasteiger partial charge in [0.2, 0.25) is 5.88 Å². The van der Waals surface area contributed by atoms with E-state index in [0.717, 1.165) is 11.1 Å². The van der Waals surface area contributed by atoms with Gasteiger partial charge in [0.15, 0.2) is 6.61 Å². The van der Waals surface area contributed by atoms with Gasteiger partial charge >= 0.3 is 6.18 Å². The number of rotatable bonds is 8. The lowest BCUT2D eigenvalue weighted by molar-refractivity contribution is -0.137. The van der Waals surface area contributed by atoms with E-state index in [9.17, 15) is 18.0 Å². The Morgan fingerprint density at radius 3 is 2.38 bits per heavy atom.